The Labute approximate surface area is 239 Å². The smallest absolute Gasteiger partial charge is 0.261 e. The minimum absolute atomic E-state index is 0.0664. The molecule has 3 aromatic rings. The number of carbonyl (C=O) groups excluding carboxylic acids is 2. The number of halogens is 3. The largest absolute Gasteiger partial charge is 0.484 e. The molecule has 0 saturated heterocycles. The van der Waals surface area contributed by atoms with Gasteiger partial charge in [0.2, 0.25) is 5.91 Å². The third-order valence-electron chi connectivity index (χ3n) is 6.79. The maximum Gasteiger partial charge on any atom is 0.261 e. The highest BCUT2D eigenvalue weighted by molar-refractivity contribution is 6.36. The Bertz CT molecular complexity index is 1190. The van der Waals surface area contributed by atoms with E-state index in [2.05, 4.69) is 5.32 Å². The fourth-order valence-electron chi connectivity index (χ4n) is 4.71. The lowest BCUT2D eigenvalue weighted by Crippen LogP contribution is -2.53. The maximum atomic E-state index is 13.8. The van der Waals surface area contributed by atoms with Crippen LogP contribution in [0.3, 0.4) is 0 Å². The van der Waals surface area contributed by atoms with Crippen molar-refractivity contribution in [1.29, 1.82) is 0 Å². The van der Waals surface area contributed by atoms with Crippen LogP contribution in [-0.2, 0) is 22.6 Å². The van der Waals surface area contributed by atoms with E-state index < -0.39 is 6.04 Å². The van der Waals surface area contributed by atoms with Gasteiger partial charge in [-0.15, -0.1) is 0 Å². The quantitative estimate of drug-likeness (QED) is 0.281. The van der Waals surface area contributed by atoms with Gasteiger partial charge in [0.25, 0.3) is 5.91 Å². The minimum atomic E-state index is -0.784. The monoisotopic (exact) mass is 572 g/mol. The number of ether oxygens (including phenoxy) is 1. The lowest BCUT2D eigenvalue weighted by atomic mass is 9.94. The van der Waals surface area contributed by atoms with Gasteiger partial charge in [0, 0.05) is 39.6 Å². The van der Waals surface area contributed by atoms with Gasteiger partial charge in [-0.2, -0.15) is 0 Å². The van der Waals surface area contributed by atoms with E-state index in [1.165, 1.54) is 11.3 Å². The molecule has 0 spiro atoms. The van der Waals surface area contributed by atoms with Crippen molar-refractivity contribution in [2.45, 2.75) is 57.2 Å². The molecular weight excluding hydrogens is 543 g/mol. The number of nitrogens with one attached hydrogen (secondary N) is 1. The van der Waals surface area contributed by atoms with Gasteiger partial charge in [-0.05, 0) is 54.8 Å². The third-order valence-corrected chi connectivity index (χ3v) is 7.75. The van der Waals surface area contributed by atoms with Gasteiger partial charge in [-0.1, -0.05) is 90.5 Å². The molecule has 1 aliphatic rings. The summed E-state index contributed by atoms with van der Waals surface area (Å²) in [5.41, 5.74) is 1.53. The van der Waals surface area contributed by atoms with Gasteiger partial charge in [0.15, 0.2) is 6.61 Å². The molecule has 2 amide bonds. The number of nitrogens with zero attached hydrogens (tertiary/aromatic N) is 1. The van der Waals surface area contributed by atoms with Crippen LogP contribution in [0.15, 0.2) is 72.8 Å². The van der Waals surface area contributed by atoms with E-state index in [4.69, 9.17) is 39.5 Å². The molecule has 38 heavy (non-hydrogen) atoms. The van der Waals surface area contributed by atoms with Crippen LogP contribution < -0.4 is 10.1 Å². The summed E-state index contributed by atoms with van der Waals surface area (Å²) in [6.45, 7) is -0.192. The molecule has 1 aliphatic carbocycles. The highest BCUT2D eigenvalue weighted by Crippen LogP contribution is 2.28. The van der Waals surface area contributed by atoms with E-state index in [0.29, 0.717) is 32.8 Å². The summed E-state index contributed by atoms with van der Waals surface area (Å²) in [6.07, 6.45) is 5.56. The summed E-state index contributed by atoms with van der Waals surface area (Å²) < 4.78 is 5.78. The molecule has 5 nitrogen and oxygen atoms in total. The number of hydrogen-bond donors (Lipinski definition) is 1. The summed E-state index contributed by atoms with van der Waals surface area (Å²) >= 11 is 19.0. The van der Waals surface area contributed by atoms with Crippen molar-refractivity contribution >= 4 is 46.6 Å². The minimum Gasteiger partial charge on any atom is -0.484 e. The van der Waals surface area contributed by atoms with Crippen LogP contribution in [0.5, 0.6) is 5.75 Å². The van der Waals surface area contributed by atoms with Crippen LogP contribution in [0.4, 0.5) is 0 Å². The molecule has 8 heteroatoms. The molecule has 0 radical (unpaired) electrons. The standard InChI is InChI=1S/C30H31Cl3N2O3/c31-22-14-16-24(17-15-22)38-20-29(36)35(19-25-26(32)12-7-13-27(25)33)28(18-21-8-3-1-4-9-21)30(37)34-23-10-5-2-6-11-23/h1,3-4,7-9,12-17,23,28H,2,5-6,10-11,18-20H2,(H,34,37)/t28-/m0/s1. The summed E-state index contributed by atoms with van der Waals surface area (Å²) in [5.74, 6) is -0.0378. The van der Waals surface area contributed by atoms with Crippen LogP contribution in [0.1, 0.15) is 43.2 Å². The topological polar surface area (TPSA) is 58.6 Å². The Morgan fingerprint density at radius 1 is 0.868 bits per heavy atom. The lowest BCUT2D eigenvalue weighted by Gasteiger charge is -2.33. The van der Waals surface area contributed by atoms with E-state index in [1.807, 2.05) is 30.3 Å². The summed E-state index contributed by atoms with van der Waals surface area (Å²) in [7, 11) is 0. The Kier molecular flexibility index (Phi) is 10.3. The molecule has 4 rings (SSSR count). The Balaban J connectivity index is 1.64. The van der Waals surface area contributed by atoms with Gasteiger partial charge in [-0.25, -0.2) is 0 Å². The Morgan fingerprint density at radius 2 is 1.53 bits per heavy atom. The Hall–Kier alpha value is -2.73. The second-order valence-electron chi connectivity index (χ2n) is 9.51. The highest BCUT2D eigenvalue weighted by atomic mass is 35.5. The molecule has 0 aromatic heterocycles. The number of hydrogen-bond acceptors (Lipinski definition) is 3. The van der Waals surface area contributed by atoms with Gasteiger partial charge in [-0.3, -0.25) is 9.59 Å². The molecule has 1 N–H and O–H groups in total. The third kappa shape index (κ3) is 7.89. The number of amides is 2. The van der Waals surface area contributed by atoms with E-state index >= 15 is 0 Å². The average Bonchev–Trinajstić information content (AvgIpc) is 2.92. The zero-order valence-electron chi connectivity index (χ0n) is 21.0. The normalized spacial score (nSPS) is 14.5. The van der Waals surface area contributed by atoms with Crippen molar-refractivity contribution in [1.82, 2.24) is 10.2 Å². The van der Waals surface area contributed by atoms with Crippen molar-refractivity contribution in [3.63, 3.8) is 0 Å². The van der Waals surface area contributed by atoms with Crippen molar-refractivity contribution < 1.29 is 14.3 Å². The number of rotatable bonds is 10. The number of carbonyl (C=O) groups is 2. The highest BCUT2D eigenvalue weighted by Gasteiger charge is 2.33. The van der Waals surface area contributed by atoms with E-state index in [0.717, 1.165) is 31.2 Å². The van der Waals surface area contributed by atoms with Crippen molar-refractivity contribution in [2.24, 2.45) is 0 Å². The Morgan fingerprint density at radius 3 is 2.18 bits per heavy atom. The summed E-state index contributed by atoms with van der Waals surface area (Å²) in [5, 5.41) is 4.65. The van der Waals surface area contributed by atoms with Crippen LogP contribution in [-0.4, -0.2) is 35.4 Å². The summed E-state index contributed by atoms with van der Waals surface area (Å²) in [6, 6.07) is 21.0. The first-order valence-electron chi connectivity index (χ1n) is 12.9. The molecule has 3 aromatic carbocycles. The second kappa shape index (κ2) is 13.9. The zero-order chi connectivity index (χ0) is 26.9. The average molecular weight is 574 g/mol. The van der Waals surface area contributed by atoms with Gasteiger partial charge in [0.05, 0.1) is 0 Å². The first-order chi connectivity index (χ1) is 18.4. The first kappa shape index (κ1) is 28.3. The van der Waals surface area contributed by atoms with Crippen LogP contribution >= 0.6 is 34.8 Å². The van der Waals surface area contributed by atoms with Gasteiger partial charge >= 0.3 is 0 Å². The SMILES string of the molecule is O=C(NC1CCCCC1)[C@H](Cc1ccccc1)N(Cc1c(Cl)cccc1Cl)C(=O)COc1ccc(Cl)cc1. The molecule has 0 aliphatic heterocycles. The molecule has 1 saturated carbocycles. The zero-order valence-corrected chi connectivity index (χ0v) is 23.3. The predicted molar refractivity (Wildman–Crippen MR) is 153 cm³/mol. The molecule has 0 heterocycles. The predicted octanol–water partition coefficient (Wildman–Crippen LogP) is 7.11. The molecule has 1 atom stereocenters. The molecule has 1 fully saturated rings. The van der Waals surface area contributed by atoms with Crippen LogP contribution in [0.25, 0.3) is 0 Å². The first-order valence-corrected chi connectivity index (χ1v) is 14.0. The van der Waals surface area contributed by atoms with E-state index in [1.54, 1.807) is 42.5 Å². The molecular formula is C30H31Cl3N2O3. The lowest BCUT2D eigenvalue weighted by molar-refractivity contribution is -0.143. The maximum absolute atomic E-state index is 13.8. The van der Waals surface area contributed by atoms with Crippen molar-refractivity contribution in [3.8, 4) is 5.75 Å². The van der Waals surface area contributed by atoms with E-state index in [-0.39, 0.29) is 31.0 Å². The van der Waals surface area contributed by atoms with E-state index in [9.17, 15) is 9.59 Å². The molecule has 0 bridgehead atoms. The number of benzene rings is 3. The molecule has 200 valence electrons. The summed E-state index contributed by atoms with van der Waals surface area (Å²) in [4.78, 5) is 29.1. The fourth-order valence-corrected chi connectivity index (χ4v) is 5.35. The van der Waals surface area contributed by atoms with Crippen molar-refractivity contribution in [2.75, 3.05) is 6.61 Å². The second-order valence-corrected chi connectivity index (χ2v) is 10.8. The molecule has 0 unspecified atom stereocenters. The fraction of sp³-hybridized carbons (Fsp3) is 0.333. The van der Waals surface area contributed by atoms with Crippen molar-refractivity contribution in [3.05, 3.63) is 99.0 Å². The van der Waals surface area contributed by atoms with Crippen LogP contribution in [0, 0.1) is 0 Å². The van der Waals surface area contributed by atoms with Gasteiger partial charge < -0.3 is 15.0 Å². The van der Waals surface area contributed by atoms with Crippen LogP contribution in [0.2, 0.25) is 15.1 Å². The van der Waals surface area contributed by atoms with Gasteiger partial charge in [0.1, 0.15) is 11.8 Å².